The third kappa shape index (κ3) is 5.00. The highest BCUT2D eigenvalue weighted by molar-refractivity contribution is 6.34. The summed E-state index contributed by atoms with van der Waals surface area (Å²) in [5, 5.41) is 20.2. The molecular formula is C25H19ClF3N5O3. The Balaban J connectivity index is 1.39. The largest absolute Gasteiger partial charge is 0.417 e. The number of aromatic nitrogens is 3. The van der Waals surface area contributed by atoms with Crippen molar-refractivity contribution in [2.75, 3.05) is 5.32 Å². The van der Waals surface area contributed by atoms with Gasteiger partial charge in [-0.2, -0.15) is 18.3 Å². The van der Waals surface area contributed by atoms with Gasteiger partial charge in [-0.05, 0) is 48.7 Å². The van der Waals surface area contributed by atoms with Gasteiger partial charge in [0.25, 0.3) is 11.8 Å². The zero-order valence-corrected chi connectivity index (χ0v) is 19.8. The van der Waals surface area contributed by atoms with Gasteiger partial charge in [0.05, 0.1) is 45.4 Å². The molecule has 37 heavy (non-hydrogen) atoms. The van der Waals surface area contributed by atoms with Crippen LogP contribution in [0, 0.1) is 0 Å². The molecule has 0 unspecified atom stereocenters. The summed E-state index contributed by atoms with van der Waals surface area (Å²) in [4.78, 5) is 28.8. The molecule has 2 aromatic carbocycles. The van der Waals surface area contributed by atoms with Crippen LogP contribution in [0.5, 0.6) is 0 Å². The van der Waals surface area contributed by atoms with Gasteiger partial charge in [-0.15, -0.1) is 0 Å². The van der Waals surface area contributed by atoms with Crippen LogP contribution in [0.15, 0.2) is 61.1 Å². The van der Waals surface area contributed by atoms with Crippen LogP contribution in [-0.2, 0) is 17.5 Å². The summed E-state index contributed by atoms with van der Waals surface area (Å²) < 4.78 is 40.7. The minimum Gasteiger partial charge on any atom is -0.380 e. The van der Waals surface area contributed by atoms with Crippen molar-refractivity contribution < 1.29 is 27.9 Å². The molecule has 1 saturated carbocycles. The number of halogens is 4. The molecule has 190 valence electrons. The van der Waals surface area contributed by atoms with Crippen LogP contribution in [0.2, 0.25) is 5.02 Å². The molecule has 5 rings (SSSR count). The van der Waals surface area contributed by atoms with E-state index >= 15 is 0 Å². The Kier molecular flexibility index (Phi) is 6.12. The number of nitrogens with one attached hydrogen (secondary N) is 2. The molecule has 12 heteroatoms. The Morgan fingerprint density at radius 1 is 1.11 bits per heavy atom. The molecule has 3 N–H and O–H groups in total. The SMILES string of the molecule is O=C(Nc1cccc2c1cnn2-c1cncc(C(F)(F)F)c1)c1cc(CNC(=O)C2(O)CC2)ccc1Cl. The normalized spacial score (nSPS) is 14.4. The number of rotatable bonds is 6. The van der Waals surface area contributed by atoms with E-state index in [4.69, 9.17) is 11.6 Å². The molecule has 0 radical (unpaired) electrons. The van der Waals surface area contributed by atoms with E-state index in [-0.39, 0.29) is 22.8 Å². The van der Waals surface area contributed by atoms with E-state index < -0.39 is 29.2 Å². The van der Waals surface area contributed by atoms with Crippen LogP contribution in [0.4, 0.5) is 18.9 Å². The smallest absolute Gasteiger partial charge is 0.380 e. The summed E-state index contributed by atoms with van der Waals surface area (Å²) in [6.45, 7) is 0.103. The van der Waals surface area contributed by atoms with Crippen molar-refractivity contribution in [1.82, 2.24) is 20.1 Å². The molecule has 0 spiro atoms. The van der Waals surface area contributed by atoms with Gasteiger partial charge in [0.1, 0.15) is 5.60 Å². The zero-order chi connectivity index (χ0) is 26.4. The van der Waals surface area contributed by atoms with Gasteiger partial charge in [-0.3, -0.25) is 14.6 Å². The highest BCUT2D eigenvalue weighted by Gasteiger charge is 2.47. The third-order valence-electron chi connectivity index (χ3n) is 6.03. The molecule has 2 amide bonds. The van der Waals surface area contributed by atoms with Gasteiger partial charge >= 0.3 is 6.18 Å². The Morgan fingerprint density at radius 2 is 1.89 bits per heavy atom. The van der Waals surface area contributed by atoms with Crippen molar-refractivity contribution in [3.8, 4) is 5.69 Å². The van der Waals surface area contributed by atoms with Crippen LogP contribution in [0.1, 0.15) is 34.3 Å². The predicted molar refractivity (Wildman–Crippen MR) is 129 cm³/mol. The fourth-order valence-electron chi connectivity index (χ4n) is 3.80. The lowest BCUT2D eigenvalue weighted by atomic mass is 10.1. The van der Waals surface area contributed by atoms with Crippen LogP contribution >= 0.6 is 11.6 Å². The first kappa shape index (κ1) is 24.7. The van der Waals surface area contributed by atoms with Crippen LogP contribution in [-0.4, -0.2) is 37.3 Å². The highest BCUT2D eigenvalue weighted by Crippen LogP contribution is 2.35. The van der Waals surface area contributed by atoms with Crippen molar-refractivity contribution in [1.29, 1.82) is 0 Å². The maximum atomic E-state index is 13.1. The summed E-state index contributed by atoms with van der Waals surface area (Å²) in [7, 11) is 0. The number of carbonyl (C=O) groups excluding carboxylic acids is 2. The lowest BCUT2D eigenvalue weighted by molar-refractivity contribution is -0.137. The number of aliphatic hydroxyl groups is 1. The molecule has 2 aromatic heterocycles. The fourth-order valence-corrected chi connectivity index (χ4v) is 4.01. The van der Waals surface area contributed by atoms with E-state index in [1.807, 2.05) is 0 Å². The zero-order valence-electron chi connectivity index (χ0n) is 19.0. The number of hydrogen-bond acceptors (Lipinski definition) is 5. The van der Waals surface area contributed by atoms with Crippen LogP contribution in [0.3, 0.4) is 0 Å². The van der Waals surface area contributed by atoms with E-state index in [0.717, 1.165) is 12.3 Å². The molecule has 1 aliphatic rings. The third-order valence-corrected chi connectivity index (χ3v) is 6.36. The predicted octanol–water partition coefficient (Wildman–Crippen LogP) is 4.49. The van der Waals surface area contributed by atoms with Crippen LogP contribution in [0.25, 0.3) is 16.6 Å². The van der Waals surface area contributed by atoms with Crippen molar-refractivity contribution in [2.24, 2.45) is 0 Å². The van der Waals surface area contributed by atoms with E-state index in [1.54, 1.807) is 24.3 Å². The number of carbonyl (C=O) groups is 2. The second-order valence-electron chi connectivity index (χ2n) is 8.71. The Labute approximate surface area is 213 Å². The molecule has 0 atom stereocenters. The Hall–Kier alpha value is -3.96. The van der Waals surface area contributed by atoms with E-state index in [0.29, 0.717) is 35.0 Å². The summed E-state index contributed by atoms with van der Waals surface area (Å²) in [5.41, 5.74) is -0.504. The summed E-state index contributed by atoms with van der Waals surface area (Å²) in [5.74, 6) is -0.993. The Bertz CT molecular complexity index is 1530. The molecule has 4 aromatic rings. The van der Waals surface area contributed by atoms with Crippen molar-refractivity contribution in [2.45, 2.75) is 31.2 Å². The van der Waals surface area contributed by atoms with Gasteiger partial charge in [-0.1, -0.05) is 23.7 Å². The fraction of sp³-hybridized carbons (Fsp3) is 0.200. The molecular weight excluding hydrogens is 511 g/mol. The molecule has 0 aliphatic heterocycles. The molecule has 8 nitrogen and oxygen atoms in total. The number of hydrogen-bond donors (Lipinski definition) is 3. The quantitative estimate of drug-likeness (QED) is 0.341. The van der Waals surface area contributed by atoms with Gasteiger partial charge in [0.15, 0.2) is 0 Å². The van der Waals surface area contributed by atoms with Gasteiger partial charge in [0.2, 0.25) is 0 Å². The molecule has 1 fully saturated rings. The second-order valence-corrected chi connectivity index (χ2v) is 9.11. The molecule has 0 saturated heterocycles. The number of alkyl halides is 3. The second kappa shape index (κ2) is 9.16. The summed E-state index contributed by atoms with van der Waals surface area (Å²) in [6, 6.07) is 10.6. The minimum absolute atomic E-state index is 0.103. The standard InChI is InChI=1S/C25H19ClF3N5O3/c26-19-5-4-14(10-31-23(36)24(37)6-7-24)8-17(19)22(35)33-20-2-1-3-21-18(20)13-32-34(21)16-9-15(11-30-12-16)25(27,28)29/h1-5,8-9,11-13,37H,6-7,10H2,(H,31,36)(H,33,35). The first-order chi connectivity index (χ1) is 17.5. The minimum atomic E-state index is -4.56. The molecule has 0 bridgehead atoms. The summed E-state index contributed by atoms with van der Waals surface area (Å²) >= 11 is 6.25. The first-order valence-corrected chi connectivity index (χ1v) is 11.5. The molecule has 2 heterocycles. The lowest BCUT2D eigenvalue weighted by Crippen LogP contribution is -2.35. The maximum absolute atomic E-state index is 13.1. The van der Waals surface area contributed by atoms with Crippen molar-refractivity contribution >= 4 is 40.0 Å². The average molecular weight is 530 g/mol. The first-order valence-electron chi connectivity index (χ1n) is 11.1. The number of benzene rings is 2. The lowest BCUT2D eigenvalue weighted by Gasteiger charge is -2.12. The maximum Gasteiger partial charge on any atom is 0.417 e. The van der Waals surface area contributed by atoms with E-state index in [9.17, 15) is 27.9 Å². The van der Waals surface area contributed by atoms with E-state index in [1.165, 1.54) is 29.2 Å². The number of nitrogens with zero attached hydrogens (tertiary/aromatic N) is 3. The molecule has 1 aliphatic carbocycles. The van der Waals surface area contributed by atoms with E-state index in [2.05, 4.69) is 20.7 Å². The number of amides is 2. The van der Waals surface area contributed by atoms with Crippen molar-refractivity contribution in [3.63, 3.8) is 0 Å². The number of pyridine rings is 1. The van der Waals surface area contributed by atoms with Crippen molar-refractivity contribution in [3.05, 3.63) is 82.8 Å². The van der Waals surface area contributed by atoms with Crippen LogP contribution < -0.4 is 10.6 Å². The summed E-state index contributed by atoms with van der Waals surface area (Å²) in [6.07, 6.45) is -0.295. The number of anilines is 1. The van der Waals surface area contributed by atoms with Gasteiger partial charge < -0.3 is 15.7 Å². The highest BCUT2D eigenvalue weighted by atomic mass is 35.5. The monoisotopic (exact) mass is 529 g/mol. The van der Waals surface area contributed by atoms with Gasteiger partial charge in [-0.25, -0.2) is 4.68 Å². The van der Waals surface area contributed by atoms with Gasteiger partial charge in [0, 0.05) is 18.1 Å². The topological polar surface area (TPSA) is 109 Å². The average Bonchev–Trinajstić information content (AvgIpc) is 3.47. The number of fused-ring (bicyclic) bond motifs is 1. The Morgan fingerprint density at radius 3 is 2.62 bits per heavy atom.